The molecule has 0 amide bonds. The second-order valence-corrected chi connectivity index (χ2v) is 4.35. The molecular weight excluding hydrogens is 122 g/mol. The molecule has 1 heterocycles. The van der Waals surface area contributed by atoms with Gasteiger partial charge in [0, 0.05) is 6.04 Å². The van der Waals surface area contributed by atoms with E-state index in [1.807, 2.05) is 0 Å². The second-order valence-electron chi connectivity index (χ2n) is 4.35. The molecule has 56 valence electrons. The van der Waals surface area contributed by atoms with Crippen LogP contribution in [0.1, 0.15) is 25.7 Å². The highest BCUT2D eigenvalue weighted by Crippen LogP contribution is 2.47. The summed E-state index contributed by atoms with van der Waals surface area (Å²) in [5.74, 6) is 3.28. The van der Waals surface area contributed by atoms with Crippen molar-refractivity contribution in [2.24, 2.45) is 17.8 Å². The minimum Gasteiger partial charge on any atom is -0.313 e. The Morgan fingerprint density at radius 3 is 2.80 bits per heavy atom. The topological polar surface area (TPSA) is 12.0 Å². The Kier molecular flexibility index (Phi) is 0.984. The van der Waals surface area contributed by atoms with E-state index in [9.17, 15) is 0 Å². The third kappa shape index (κ3) is 0.572. The molecule has 3 aliphatic carbocycles. The largest absolute Gasteiger partial charge is 0.313 e. The predicted octanol–water partition coefficient (Wildman–Crippen LogP) is 1.39. The highest BCUT2D eigenvalue weighted by atomic mass is 15.0. The van der Waals surface area contributed by atoms with Gasteiger partial charge in [-0.1, -0.05) is 6.42 Å². The van der Waals surface area contributed by atoms with Crippen LogP contribution in [-0.4, -0.2) is 12.6 Å². The summed E-state index contributed by atoms with van der Waals surface area (Å²) < 4.78 is 0. The Labute approximate surface area is 62.2 Å². The van der Waals surface area contributed by atoms with Crippen molar-refractivity contribution >= 4 is 0 Å². The fraction of sp³-hybridized carbons (Fsp3) is 1.00. The van der Waals surface area contributed by atoms with Crippen molar-refractivity contribution < 1.29 is 0 Å². The molecule has 1 heteroatoms. The normalized spacial score (nSPS) is 57.6. The zero-order valence-corrected chi connectivity index (χ0v) is 6.34. The van der Waals surface area contributed by atoms with Crippen molar-refractivity contribution in [2.45, 2.75) is 31.7 Å². The quantitative estimate of drug-likeness (QED) is 0.532. The van der Waals surface area contributed by atoms with Crippen LogP contribution in [0.15, 0.2) is 0 Å². The van der Waals surface area contributed by atoms with Crippen LogP contribution >= 0.6 is 0 Å². The van der Waals surface area contributed by atoms with Crippen LogP contribution in [0.25, 0.3) is 0 Å². The summed E-state index contributed by atoms with van der Waals surface area (Å²) in [7, 11) is 0. The smallest absolute Gasteiger partial charge is 0.0101 e. The Balaban J connectivity index is 1.94. The highest BCUT2D eigenvalue weighted by Gasteiger charge is 2.45. The monoisotopic (exact) mass is 137 g/mol. The van der Waals surface area contributed by atoms with E-state index in [0.717, 1.165) is 23.8 Å². The third-order valence-corrected chi connectivity index (χ3v) is 3.90. The molecule has 4 rings (SSSR count). The summed E-state index contributed by atoms with van der Waals surface area (Å²) in [5.41, 5.74) is 0. The van der Waals surface area contributed by atoms with Crippen molar-refractivity contribution in [3.63, 3.8) is 0 Å². The van der Waals surface area contributed by atoms with E-state index in [2.05, 4.69) is 5.32 Å². The van der Waals surface area contributed by atoms with Crippen LogP contribution in [0.5, 0.6) is 0 Å². The van der Waals surface area contributed by atoms with E-state index in [1.54, 1.807) is 12.8 Å². The highest BCUT2D eigenvalue weighted by molar-refractivity contribution is 5.00. The summed E-state index contributed by atoms with van der Waals surface area (Å²) in [6.45, 7) is 1.34. The average molecular weight is 137 g/mol. The number of hydrogen-bond acceptors (Lipinski definition) is 1. The lowest BCUT2D eigenvalue weighted by molar-refractivity contribution is 0.123. The van der Waals surface area contributed by atoms with Gasteiger partial charge in [-0.25, -0.2) is 0 Å². The Bertz CT molecular complexity index is 141. The summed E-state index contributed by atoms with van der Waals surface area (Å²) in [5, 5.41) is 3.65. The van der Waals surface area contributed by atoms with Crippen LogP contribution in [0, 0.1) is 17.8 Å². The molecular formula is C9H15N. The van der Waals surface area contributed by atoms with Crippen LogP contribution in [0.2, 0.25) is 0 Å². The molecule has 1 nitrogen and oxygen atoms in total. The molecule has 1 aliphatic heterocycles. The summed E-state index contributed by atoms with van der Waals surface area (Å²) >= 11 is 0. The molecule has 4 atom stereocenters. The molecule has 0 aromatic heterocycles. The molecule has 0 radical (unpaired) electrons. The van der Waals surface area contributed by atoms with Crippen molar-refractivity contribution in [3.8, 4) is 0 Å². The fourth-order valence-corrected chi connectivity index (χ4v) is 3.43. The maximum absolute atomic E-state index is 3.65. The summed E-state index contributed by atoms with van der Waals surface area (Å²) in [6.07, 6.45) is 6.13. The van der Waals surface area contributed by atoms with Crippen molar-refractivity contribution in [1.29, 1.82) is 0 Å². The van der Waals surface area contributed by atoms with Gasteiger partial charge >= 0.3 is 0 Å². The molecule has 4 aliphatic rings. The summed E-state index contributed by atoms with van der Waals surface area (Å²) in [6, 6.07) is 0.942. The average Bonchev–Trinajstić information content (AvgIpc) is 2.29. The first kappa shape index (κ1) is 5.59. The van der Waals surface area contributed by atoms with Gasteiger partial charge in [-0.3, -0.25) is 0 Å². The molecule has 0 spiro atoms. The van der Waals surface area contributed by atoms with E-state index in [1.165, 1.54) is 19.4 Å². The van der Waals surface area contributed by atoms with E-state index in [0.29, 0.717) is 0 Å². The summed E-state index contributed by atoms with van der Waals surface area (Å²) in [4.78, 5) is 0. The molecule has 4 bridgehead atoms. The van der Waals surface area contributed by atoms with Gasteiger partial charge in [0.05, 0.1) is 0 Å². The first-order valence-electron chi connectivity index (χ1n) is 4.67. The number of rotatable bonds is 0. The molecule has 1 N–H and O–H groups in total. The van der Waals surface area contributed by atoms with Gasteiger partial charge in [0.15, 0.2) is 0 Å². The zero-order valence-electron chi connectivity index (χ0n) is 6.34. The van der Waals surface area contributed by atoms with Gasteiger partial charge in [0.1, 0.15) is 0 Å². The fourth-order valence-electron chi connectivity index (χ4n) is 3.43. The van der Waals surface area contributed by atoms with Crippen LogP contribution < -0.4 is 5.32 Å². The van der Waals surface area contributed by atoms with E-state index in [4.69, 9.17) is 0 Å². The van der Waals surface area contributed by atoms with Crippen molar-refractivity contribution in [3.05, 3.63) is 0 Å². The maximum Gasteiger partial charge on any atom is 0.0101 e. The Morgan fingerprint density at radius 1 is 1.10 bits per heavy atom. The molecule has 1 saturated heterocycles. The molecule has 4 unspecified atom stereocenters. The standard InChI is InChI=1S/C9H15N/c1-2-8-7-3-6(1)4-9(8)10-5-7/h6-10H,1-5H2. The van der Waals surface area contributed by atoms with E-state index >= 15 is 0 Å². The molecule has 4 fully saturated rings. The van der Waals surface area contributed by atoms with Gasteiger partial charge in [0.2, 0.25) is 0 Å². The van der Waals surface area contributed by atoms with E-state index in [-0.39, 0.29) is 0 Å². The third-order valence-electron chi connectivity index (χ3n) is 3.90. The van der Waals surface area contributed by atoms with Crippen molar-refractivity contribution in [2.75, 3.05) is 6.54 Å². The lowest BCUT2D eigenvalue weighted by Crippen LogP contribution is -2.38. The minimum atomic E-state index is 0.942. The lowest BCUT2D eigenvalue weighted by atomic mass is 9.65. The SMILES string of the molecule is C1CC2C3CNC2CC1C3. The van der Waals surface area contributed by atoms with Crippen molar-refractivity contribution in [1.82, 2.24) is 5.32 Å². The Hall–Kier alpha value is -0.0400. The van der Waals surface area contributed by atoms with Crippen LogP contribution in [-0.2, 0) is 0 Å². The molecule has 10 heavy (non-hydrogen) atoms. The lowest BCUT2D eigenvalue weighted by Gasteiger charge is -2.41. The van der Waals surface area contributed by atoms with Gasteiger partial charge < -0.3 is 5.32 Å². The van der Waals surface area contributed by atoms with Gasteiger partial charge in [-0.2, -0.15) is 0 Å². The van der Waals surface area contributed by atoms with Gasteiger partial charge in [0.25, 0.3) is 0 Å². The number of fused-ring (bicyclic) bond motifs is 1. The minimum absolute atomic E-state index is 0.942. The van der Waals surface area contributed by atoms with Gasteiger partial charge in [-0.15, -0.1) is 0 Å². The number of hydrogen-bond donors (Lipinski definition) is 1. The second kappa shape index (κ2) is 1.76. The maximum atomic E-state index is 3.65. The van der Waals surface area contributed by atoms with E-state index < -0.39 is 0 Å². The first-order chi connectivity index (χ1) is 4.93. The molecule has 0 aromatic carbocycles. The van der Waals surface area contributed by atoms with Crippen LogP contribution in [0.3, 0.4) is 0 Å². The van der Waals surface area contributed by atoms with Crippen LogP contribution in [0.4, 0.5) is 0 Å². The zero-order chi connectivity index (χ0) is 6.55. The first-order valence-corrected chi connectivity index (χ1v) is 4.67. The Morgan fingerprint density at radius 2 is 2.10 bits per heavy atom. The predicted molar refractivity (Wildman–Crippen MR) is 40.7 cm³/mol. The van der Waals surface area contributed by atoms with Gasteiger partial charge in [-0.05, 0) is 43.6 Å². The molecule has 0 aromatic rings. The molecule has 3 saturated carbocycles. The number of nitrogens with one attached hydrogen (secondary N) is 1.